The summed E-state index contributed by atoms with van der Waals surface area (Å²) >= 11 is 0. The monoisotopic (exact) mass is 333 g/mol. The molecule has 1 aliphatic rings. The molecule has 0 saturated heterocycles. The molecular weight excluding hydrogens is 310 g/mol. The average molecular weight is 333 g/mol. The Morgan fingerprint density at radius 1 is 1.38 bits per heavy atom. The first-order chi connectivity index (χ1) is 11.5. The van der Waals surface area contributed by atoms with E-state index in [1.54, 1.807) is 0 Å². The van der Waals surface area contributed by atoms with Crippen LogP contribution in [0.4, 0.5) is 5.69 Å². The van der Waals surface area contributed by atoms with Crippen LogP contribution in [0.2, 0.25) is 0 Å². The number of pyridine rings is 1. The van der Waals surface area contributed by atoms with E-state index in [-0.39, 0.29) is 11.2 Å². The predicted molar refractivity (Wildman–Crippen MR) is 89.7 cm³/mol. The number of H-pyrrole nitrogens is 1. The van der Waals surface area contributed by atoms with E-state index in [4.69, 9.17) is 0 Å². The molecule has 2 N–H and O–H groups in total. The molecule has 1 atom stereocenters. The summed E-state index contributed by atoms with van der Waals surface area (Å²) in [6.45, 7) is 1.96. The fourth-order valence-electron chi connectivity index (χ4n) is 3.00. The summed E-state index contributed by atoms with van der Waals surface area (Å²) in [4.78, 5) is 50.5. The molecule has 1 aromatic rings. The van der Waals surface area contributed by atoms with Gasteiger partial charge in [-0.05, 0) is 31.7 Å². The molecule has 130 valence electrons. The van der Waals surface area contributed by atoms with Crippen LogP contribution in [0.5, 0.6) is 0 Å². The van der Waals surface area contributed by atoms with Gasteiger partial charge < -0.3 is 15.2 Å². The number of aromatic nitrogens is 1. The second kappa shape index (κ2) is 8.42. The minimum atomic E-state index is -0.976. The standard InChI is InChI=1S/C17H23N3O4/c1-12(20(11-21)14-7-8-18-15(22)9-14)16(23)17(24)19-10-13-5-3-2-4-6-13/h7-9,11-13H,2-6,10H2,1H3,(H,18,22)(H,19,24). The lowest BCUT2D eigenvalue weighted by molar-refractivity contribution is -0.138. The molecule has 0 aromatic carbocycles. The van der Waals surface area contributed by atoms with Gasteiger partial charge in [-0.15, -0.1) is 0 Å². The van der Waals surface area contributed by atoms with Gasteiger partial charge >= 0.3 is 0 Å². The summed E-state index contributed by atoms with van der Waals surface area (Å²) in [5, 5.41) is 2.68. The van der Waals surface area contributed by atoms with Crippen LogP contribution >= 0.6 is 0 Å². The van der Waals surface area contributed by atoms with Crippen molar-refractivity contribution in [1.82, 2.24) is 10.3 Å². The molecule has 0 radical (unpaired) electrons. The lowest BCUT2D eigenvalue weighted by atomic mass is 9.89. The first-order valence-electron chi connectivity index (χ1n) is 8.27. The number of hydrogen-bond acceptors (Lipinski definition) is 4. The zero-order valence-electron chi connectivity index (χ0n) is 13.8. The van der Waals surface area contributed by atoms with Crippen LogP contribution < -0.4 is 15.8 Å². The smallest absolute Gasteiger partial charge is 0.289 e. The third-order valence-corrected chi connectivity index (χ3v) is 4.47. The maximum Gasteiger partial charge on any atom is 0.289 e. The molecule has 7 heteroatoms. The number of rotatable bonds is 7. The van der Waals surface area contributed by atoms with Gasteiger partial charge in [0.25, 0.3) is 5.91 Å². The van der Waals surface area contributed by atoms with Gasteiger partial charge in [-0.25, -0.2) is 0 Å². The Hall–Kier alpha value is -2.44. The first kappa shape index (κ1) is 17.9. The topological polar surface area (TPSA) is 99.3 Å². The zero-order valence-corrected chi connectivity index (χ0v) is 13.8. The number of aromatic amines is 1. The molecule has 0 spiro atoms. The second-order valence-electron chi connectivity index (χ2n) is 6.18. The van der Waals surface area contributed by atoms with Gasteiger partial charge in [0.2, 0.25) is 17.8 Å². The third kappa shape index (κ3) is 4.53. The Morgan fingerprint density at radius 3 is 2.71 bits per heavy atom. The number of Topliss-reactive ketones (excluding diaryl/α,β-unsaturated/α-hetero) is 1. The quantitative estimate of drug-likeness (QED) is 0.574. The number of anilines is 1. The Balaban J connectivity index is 1.97. The molecule has 1 fully saturated rings. The zero-order chi connectivity index (χ0) is 17.5. The number of carbonyl (C=O) groups excluding carboxylic acids is 3. The SMILES string of the molecule is CC(C(=O)C(=O)NCC1CCCCC1)N(C=O)c1cc[nH]c(=O)c1. The van der Waals surface area contributed by atoms with E-state index in [2.05, 4.69) is 10.3 Å². The van der Waals surface area contributed by atoms with Gasteiger partial charge in [0.1, 0.15) is 6.04 Å². The van der Waals surface area contributed by atoms with Gasteiger partial charge in [0.15, 0.2) is 0 Å². The first-order valence-corrected chi connectivity index (χ1v) is 8.27. The van der Waals surface area contributed by atoms with Gasteiger partial charge in [-0.2, -0.15) is 0 Å². The number of amides is 2. The van der Waals surface area contributed by atoms with Crippen LogP contribution in [0.1, 0.15) is 39.0 Å². The van der Waals surface area contributed by atoms with Crippen LogP contribution in [0, 0.1) is 5.92 Å². The van der Waals surface area contributed by atoms with E-state index in [1.807, 2.05) is 0 Å². The Morgan fingerprint density at radius 2 is 2.08 bits per heavy atom. The molecule has 0 bridgehead atoms. The molecular formula is C17H23N3O4. The number of carbonyl (C=O) groups is 3. The molecule has 1 aliphatic carbocycles. The molecule has 1 heterocycles. The van der Waals surface area contributed by atoms with E-state index in [0.29, 0.717) is 18.9 Å². The average Bonchev–Trinajstić information content (AvgIpc) is 2.60. The maximum atomic E-state index is 12.3. The summed E-state index contributed by atoms with van der Waals surface area (Å²) in [5.74, 6) is -0.969. The van der Waals surface area contributed by atoms with Crippen LogP contribution in [0.25, 0.3) is 0 Å². The minimum Gasteiger partial charge on any atom is -0.349 e. The molecule has 0 aliphatic heterocycles. The maximum absolute atomic E-state index is 12.3. The summed E-state index contributed by atoms with van der Waals surface area (Å²) < 4.78 is 0. The molecule has 2 amide bonds. The summed E-state index contributed by atoms with van der Waals surface area (Å²) in [6, 6.07) is 1.73. The van der Waals surface area contributed by atoms with Crippen molar-refractivity contribution in [2.45, 2.75) is 45.1 Å². The highest BCUT2D eigenvalue weighted by Crippen LogP contribution is 2.22. The summed E-state index contributed by atoms with van der Waals surface area (Å²) in [7, 11) is 0. The van der Waals surface area contributed by atoms with Gasteiger partial charge in [0.05, 0.1) is 5.69 Å². The minimum absolute atomic E-state index is 0.273. The van der Waals surface area contributed by atoms with Gasteiger partial charge in [-0.3, -0.25) is 19.2 Å². The van der Waals surface area contributed by atoms with Crippen molar-refractivity contribution in [2.75, 3.05) is 11.4 Å². The van der Waals surface area contributed by atoms with E-state index in [0.717, 1.165) is 30.6 Å². The Bertz CT molecular complexity index is 649. The highest BCUT2D eigenvalue weighted by molar-refractivity contribution is 6.39. The second-order valence-corrected chi connectivity index (χ2v) is 6.18. The summed E-state index contributed by atoms with van der Waals surface area (Å²) in [6.07, 6.45) is 7.51. The number of nitrogens with one attached hydrogen (secondary N) is 2. The van der Waals surface area contributed by atoms with E-state index >= 15 is 0 Å². The Labute approximate surface area is 140 Å². The molecule has 1 aromatic heterocycles. The lowest BCUT2D eigenvalue weighted by Gasteiger charge is -2.24. The molecule has 24 heavy (non-hydrogen) atoms. The molecule has 2 rings (SSSR count). The van der Waals surface area contributed by atoms with Crippen molar-refractivity contribution in [3.8, 4) is 0 Å². The van der Waals surface area contributed by atoms with Crippen molar-refractivity contribution >= 4 is 23.8 Å². The number of ketones is 1. The highest BCUT2D eigenvalue weighted by Gasteiger charge is 2.27. The lowest BCUT2D eigenvalue weighted by Crippen LogP contribution is -2.47. The van der Waals surface area contributed by atoms with Crippen molar-refractivity contribution in [3.05, 3.63) is 28.7 Å². The molecule has 1 unspecified atom stereocenters. The van der Waals surface area contributed by atoms with Crippen molar-refractivity contribution < 1.29 is 14.4 Å². The fraction of sp³-hybridized carbons (Fsp3) is 0.529. The summed E-state index contributed by atoms with van der Waals surface area (Å²) in [5.41, 5.74) is -0.115. The van der Waals surface area contributed by atoms with Gasteiger partial charge in [0, 0.05) is 18.8 Å². The van der Waals surface area contributed by atoms with Gasteiger partial charge in [-0.1, -0.05) is 19.3 Å². The van der Waals surface area contributed by atoms with E-state index in [1.165, 1.54) is 31.7 Å². The van der Waals surface area contributed by atoms with Crippen LogP contribution in [-0.4, -0.2) is 35.7 Å². The largest absolute Gasteiger partial charge is 0.349 e. The van der Waals surface area contributed by atoms with Crippen molar-refractivity contribution in [1.29, 1.82) is 0 Å². The number of nitrogens with zero attached hydrogens (tertiary/aromatic N) is 1. The molecule has 1 saturated carbocycles. The number of hydrogen-bond donors (Lipinski definition) is 2. The van der Waals surface area contributed by atoms with Crippen LogP contribution in [0.15, 0.2) is 23.1 Å². The van der Waals surface area contributed by atoms with E-state index < -0.39 is 17.7 Å². The normalized spacial score (nSPS) is 16.2. The third-order valence-electron chi connectivity index (χ3n) is 4.47. The van der Waals surface area contributed by atoms with Crippen LogP contribution in [0.3, 0.4) is 0 Å². The van der Waals surface area contributed by atoms with Crippen LogP contribution in [-0.2, 0) is 14.4 Å². The Kier molecular flexibility index (Phi) is 6.28. The predicted octanol–water partition coefficient (Wildman–Crippen LogP) is 0.992. The van der Waals surface area contributed by atoms with Crippen molar-refractivity contribution in [3.63, 3.8) is 0 Å². The van der Waals surface area contributed by atoms with Crippen molar-refractivity contribution in [2.24, 2.45) is 5.92 Å². The van der Waals surface area contributed by atoms with E-state index in [9.17, 15) is 19.2 Å². The molecule has 7 nitrogen and oxygen atoms in total. The highest BCUT2D eigenvalue weighted by atomic mass is 16.2. The fourth-order valence-corrected chi connectivity index (χ4v) is 3.00.